The maximum absolute atomic E-state index is 6.00. The Bertz CT molecular complexity index is 1040. The third-order valence-corrected chi connectivity index (χ3v) is 4.49. The van der Waals surface area contributed by atoms with Crippen molar-refractivity contribution in [1.82, 2.24) is 15.0 Å². The highest BCUT2D eigenvalue weighted by molar-refractivity contribution is 5.66. The lowest BCUT2D eigenvalue weighted by Gasteiger charge is -2.13. The molecule has 1 aromatic carbocycles. The van der Waals surface area contributed by atoms with Gasteiger partial charge in [-0.05, 0) is 42.7 Å². The molecule has 4 N–H and O–H groups in total. The molecule has 0 aliphatic rings. The smallest absolute Gasteiger partial charge is 0.222 e. The van der Waals surface area contributed by atoms with E-state index < -0.39 is 0 Å². The van der Waals surface area contributed by atoms with Crippen molar-refractivity contribution in [3.8, 4) is 28.7 Å². The van der Waals surface area contributed by atoms with Crippen LogP contribution in [0.1, 0.15) is 36.6 Å². The Labute approximate surface area is 165 Å². The summed E-state index contributed by atoms with van der Waals surface area (Å²) < 4.78 is 5.62. The van der Waals surface area contributed by atoms with Gasteiger partial charge >= 0.3 is 0 Å². The van der Waals surface area contributed by atoms with Crippen LogP contribution in [0.3, 0.4) is 0 Å². The summed E-state index contributed by atoms with van der Waals surface area (Å²) in [4.78, 5) is 12.3. The van der Waals surface area contributed by atoms with Crippen molar-refractivity contribution >= 4 is 11.8 Å². The van der Waals surface area contributed by atoms with Crippen LogP contribution in [0.5, 0.6) is 5.75 Å². The highest BCUT2D eigenvalue weighted by Gasteiger charge is 2.12. The van der Waals surface area contributed by atoms with Crippen LogP contribution in [-0.4, -0.2) is 22.1 Å². The van der Waals surface area contributed by atoms with Gasteiger partial charge in [0.1, 0.15) is 11.6 Å². The van der Waals surface area contributed by atoms with Gasteiger partial charge in [-0.1, -0.05) is 30.9 Å². The minimum Gasteiger partial charge on any atom is -0.496 e. The SMILES string of the molecule is CCc1nc(N)nc(N)c1C#CC(C)c1ccc(-c2ccncc2)cc1OC. The van der Waals surface area contributed by atoms with Gasteiger partial charge in [-0.25, -0.2) is 4.98 Å². The number of hydrogen-bond donors (Lipinski definition) is 2. The maximum atomic E-state index is 6.00. The van der Waals surface area contributed by atoms with E-state index in [1.165, 1.54) is 0 Å². The van der Waals surface area contributed by atoms with Crippen molar-refractivity contribution < 1.29 is 4.74 Å². The number of rotatable bonds is 4. The lowest BCUT2D eigenvalue weighted by Crippen LogP contribution is -2.07. The summed E-state index contributed by atoms with van der Waals surface area (Å²) in [7, 11) is 1.66. The summed E-state index contributed by atoms with van der Waals surface area (Å²) in [6, 6.07) is 10.0. The monoisotopic (exact) mass is 373 g/mol. The molecule has 0 spiro atoms. The van der Waals surface area contributed by atoms with Gasteiger partial charge in [0.15, 0.2) is 0 Å². The summed E-state index contributed by atoms with van der Waals surface area (Å²) in [5.74, 6) is 7.58. The number of anilines is 2. The van der Waals surface area contributed by atoms with Crippen LogP contribution >= 0.6 is 0 Å². The zero-order valence-corrected chi connectivity index (χ0v) is 16.2. The molecule has 0 aliphatic carbocycles. The molecule has 142 valence electrons. The number of hydrogen-bond acceptors (Lipinski definition) is 6. The number of ether oxygens (including phenoxy) is 1. The van der Waals surface area contributed by atoms with E-state index in [1.54, 1.807) is 19.5 Å². The molecule has 1 atom stereocenters. The largest absolute Gasteiger partial charge is 0.496 e. The molecule has 0 saturated heterocycles. The number of nitrogen functional groups attached to an aromatic ring is 2. The molecule has 2 heterocycles. The molecule has 6 nitrogen and oxygen atoms in total. The van der Waals surface area contributed by atoms with Gasteiger partial charge in [0, 0.05) is 23.9 Å². The van der Waals surface area contributed by atoms with Gasteiger partial charge in [0.2, 0.25) is 5.95 Å². The second-order valence-electron chi connectivity index (χ2n) is 6.33. The average molecular weight is 373 g/mol. The zero-order chi connectivity index (χ0) is 20.1. The van der Waals surface area contributed by atoms with Crippen molar-refractivity contribution in [1.29, 1.82) is 0 Å². The van der Waals surface area contributed by atoms with E-state index in [-0.39, 0.29) is 11.9 Å². The van der Waals surface area contributed by atoms with Crippen molar-refractivity contribution in [2.75, 3.05) is 18.6 Å². The van der Waals surface area contributed by atoms with Gasteiger partial charge in [0.05, 0.1) is 18.4 Å². The van der Waals surface area contributed by atoms with E-state index in [1.807, 2.05) is 38.1 Å². The Hall–Kier alpha value is -3.59. The van der Waals surface area contributed by atoms with Crippen LogP contribution in [0.25, 0.3) is 11.1 Å². The molecule has 28 heavy (non-hydrogen) atoms. The molecule has 0 radical (unpaired) electrons. The third-order valence-electron chi connectivity index (χ3n) is 4.49. The van der Waals surface area contributed by atoms with Crippen LogP contribution < -0.4 is 16.2 Å². The van der Waals surface area contributed by atoms with Crippen molar-refractivity contribution in [3.05, 3.63) is 59.5 Å². The topological polar surface area (TPSA) is 99.9 Å². The summed E-state index contributed by atoms with van der Waals surface area (Å²) in [6.45, 7) is 4.01. The van der Waals surface area contributed by atoms with E-state index >= 15 is 0 Å². The van der Waals surface area contributed by atoms with E-state index in [0.717, 1.165) is 28.1 Å². The normalized spacial score (nSPS) is 11.4. The molecule has 2 aromatic heterocycles. The summed E-state index contributed by atoms with van der Waals surface area (Å²) >= 11 is 0. The summed E-state index contributed by atoms with van der Waals surface area (Å²) in [5.41, 5.74) is 16.2. The predicted molar refractivity (Wildman–Crippen MR) is 112 cm³/mol. The highest BCUT2D eigenvalue weighted by atomic mass is 16.5. The number of aromatic nitrogens is 3. The first kappa shape index (κ1) is 19.2. The molecule has 0 aliphatic heterocycles. The number of pyridine rings is 1. The molecular formula is C22H23N5O. The molecule has 6 heteroatoms. The fourth-order valence-corrected chi connectivity index (χ4v) is 2.99. The van der Waals surface area contributed by atoms with E-state index in [4.69, 9.17) is 16.2 Å². The van der Waals surface area contributed by atoms with Crippen LogP contribution in [0.4, 0.5) is 11.8 Å². The lowest BCUT2D eigenvalue weighted by atomic mass is 9.96. The fraction of sp³-hybridized carbons (Fsp3) is 0.227. The molecule has 3 aromatic rings. The lowest BCUT2D eigenvalue weighted by molar-refractivity contribution is 0.409. The number of nitrogens with two attached hydrogens (primary N) is 2. The van der Waals surface area contributed by atoms with Gasteiger partial charge in [0.25, 0.3) is 0 Å². The van der Waals surface area contributed by atoms with E-state index in [2.05, 4.69) is 32.9 Å². The predicted octanol–water partition coefficient (Wildman–Crippen LogP) is 3.43. The Kier molecular flexibility index (Phi) is 5.75. The number of benzene rings is 1. The molecule has 0 saturated carbocycles. The van der Waals surface area contributed by atoms with Crippen LogP contribution in [-0.2, 0) is 6.42 Å². The molecular weight excluding hydrogens is 350 g/mol. The number of aryl methyl sites for hydroxylation is 1. The van der Waals surface area contributed by atoms with Crippen LogP contribution in [0.2, 0.25) is 0 Å². The summed E-state index contributed by atoms with van der Waals surface area (Å²) in [6.07, 6.45) is 4.22. The molecule has 0 amide bonds. The van der Waals surface area contributed by atoms with Gasteiger partial charge < -0.3 is 16.2 Å². The Morgan fingerprint density at radius 3 is 2.50 bits per heavy atom. The minimum atomic E-state index is -0.0666. The van der Waals surface area contributed by atoms with Crippen molar-refractivity contribution in [2.45, 2.75) is 26.2 Å². The first-order valence-electron chi connectivity index (χ1n) is 9.05. The third kappa shape index (κ3) is 4.04. The average Bonchev–Trinajstić information content (AvgIpc) is 2.72. The van der Waals surface area contributed by atoms with Crippen molar-refractivity contribution in [3.63, 3.8) is 0 Å². The highest BCUT2D eigenvalue weighted by Crippen LogP contribution is 2.31. The second kappa shape index (κ2) is 8.40. The van der Waals surface area contributed by atoms with E-state index in [0.29, 0.717) is 17.8 Å². The first-order valence-corrected chi connectivity index (χ1v) is 9.05. The van der Waals surface area contributed by atoms with Crippen LogP contribution in [0.15, 0.2) is 42.7 Å². The second-order valence-corrected chi connectivity index (χ2v) is 6.33. The molecule has 1 unspecified atom stereocenters. The Morgan fingerprint density at radius 2 is 1.82 bits per heavy atom. The maximum Gasteiger partial charge on any atom is 0.222 e. The van der Waals surface area contributed by atoms with Gasteiger partial charge in [-0.15, -0.1) is 0 Å². The Balaban J connectivity index is 1.94. The molecule has 3 rings (SSSR count). The van der Waals surface area contributed by atoms with Crippen molar-refractivity contribution in [2.24, 2.45) is 0 Å². The van der Waals surface area contributed by atoms with Gasteiger partial charge in [-0.2, -0.15) is 4.98 Å². The Morgan fingerprint density at radius 1 is 1.07 bits per heavy atom. The van der Waals surface area contributed by atoms with Crippen LogP contribution in [0, 0.1) is 11.8 Å². The van der Waals surface area contributed by atoms with E-state index in [9.17, 15) is 0 Å². The summed E-state index contributed by atoms with van der Waals surface area (Å²) in [5, 5.41) is 0. The standard InChI is InChI=1S/C22H23N5O/c1-4-19-18(21(23)27-22(24)26-19)7-5-14(2)17-8-6-16(13-20(17)28-3)15-9-11-25-12-10-15/h6,8-14H,4H2,1-3H3,(H4,23,24,26,27). The number of methoxy groups -OCH3 is 1. The number of nitrogens with zero attached hydrogens (tertiary/aromatic N) is 3. The quantitative estimate of drug-likeness (QED) is 0.680. The molecule has 0 bridgehead atoms. The first-order chi connectivity index (χ1) is 13.5. The van der Waals surface area contributed by atoms with Gasteiger partial charge in [-0.3, -0.25) is 4.98 Å². The fourth-order valence-electron chi connectivity index (χ4n) is 2.99. The zero-order valence-electron chi connectivity index (χ0n) is 16.2. The minimum absolute atomic E-state index is 0.0666. The molecule has 0 fully saturated rings.